The lowest BCUT2D eigenvalue weighted by atomic mass is 10.0. The van der Waals surface area contributed by atoms with Crippen molar-refractivity contribution < 1.29 is 22.7 Å². The number of pyridine rings is 2. The van der Waals surface area contributed by atoms with Gasteiger partial charge in [0.05, 0.1) is 18.9 Å². The van der Waals surface area contributed by atoms with Crippen LogP contribution in [0.3, 0.4) is 0 Å². The van der Waals surface area contributed by atoms with Crippen molar-refractivity contribution in [1.82, 2.24) is 20.2 Å². The summed E-state index contributed by atoms with van der Waals surface area (Å²) in [6.45, 7) is 5.25. The fraction of sp³-hybridized carbons (Fsp3) is 0.400. The van der Waals surface area contributed by atoms with Crippen LogP contribution in [0.1, 0.15) is 39.8 Å². The molecule has 2 aliphatic heterocycles. The molecule has 1 saturated heterocycles. The molecule has 3 aromatic rings. The van der Waals surface area contributed by atoms with Crippen molar-refractivity contribution >= 4 is 22.5 Å². The molecule has 11 heteroatoms. The summed E-state index contributed by atoms with van der Waals surface area (Å²) < 4.78 is 46.7. The summed E-state index contributed by atoms with van der Waals surface area (Å²) in [5.41, 5.74) is 1.93. The summed E-state index contributed by atoms with van der Waals surface area (Å²) >= 11 is 0. The molecule has 0 saturated carbocycles. The normalized spacial score (nSPS) is 16.4. The summed E-state index contributed by atoms with van der Waals surface area (Å²) in [6, 6.07) is 8.62. The fourth-order valence-electron chi connectivity index (χ4n) is 4.82. The molecule has 2 aromatic heterocycles. The number of halogens is 3. The van der Waals surface area contributed by atoms with E-state index in [0.29, 0.717) is 58.0 Å². The molecule has 36 heavy (non-hydrogen) atoms. The Labute approximate surface area is 205 Å². The highest BCUT2D eigenvalue weighted by molar-refractivity contribution is 5.92. The van der Waals surface area contributed by atoms with E-state index in [1.165, 1.54) is 12.1 Å². The second kappa shape index (κ2) is 9.55. The number of hydrogen-bond acceptors (Lipinski definition) is 6. The van der Waals surface area contributed by atoms with E-state index in [-0.39, 0.29) is 16.9 Å². The Morgan fingerprint density at radius 1 is 1.11 bits per heavy atom. The highest BCUT2D eigenvalue weighted by atomic mass is 19.4. The summed E-state index contributed by atoms with van der Waals surface area (Å²) in [5, 5.41) is 3.45. The van der Waals surface area contributed by atoms with Gasteiger partial charge in [-0.25, -0.2) is 4.98 Å². The van der Waals surface area contributed by atoms with Crippen LogP contribution in [-0.2, 0) is 30.7 Å². The third kappa shape index (κ3) is 4.68. The molecule has 190 valence electrons. The molecular formula is C25H26F3N5O3. The Kier molecular flexibility index (Phi) is 6.44. The van der Waals surface area contributed by atoms with Crippen LogP contribution in [0.15, 0.2) is 35.1 Å². The van der Waals surface area contributed by atoms with Gasteiger partial charge in [0.15, 0.2) is 5.69 Å². The minimum absolute atomic E-state index is 0.0189. The van der Waals surface area contributed by atoms with Gasteiger partial charge in [-0.15, -0.1) is 0 Å². The minimum atomic E-state index is -4.68. The Morgan fingerprint density at radius 2 is 1.86 bits per heavy atom. The van der Waals surface area contributed by atoms with Gasteiger partial charge in [-0.05, 0) is 36.2 Å². The van der Waals surface area contributed by atoms with Gasteiger partial charge in [0.25, 0.3) is 11.5 Å². The van der Waals surface area contributed by atoms with Gasteiger partial charge in [0.1, 0.15) is 5.69 Å². The second-order valence-electron chi connectivity index (χ2n) is 8.97. The van der Waals surface area contributed by atoms with Crippen molar-refractivity contribution in [3.8, 4) is 0 Å². The van der Waals surface area contributed by atoms with E-state index in [0.717, 1.165) is 22.0 Å². The molecule has 1 aromatic carbocycles. The molecule has 0 aliphatic carbocycles. The summed E-state index contributed by atoms with van der Waals surface area (Å²) in [7, 11) is 0. The molecule has 0 bridgehead atoms. The van der Waals surface area contributed by atoms with Crippen molar-refractivity contribution in [1.29, 1.82) is 0 Å². The molecule has 2 aliphatic rings. The molecule has 0 radical (unpaired) electrons. The molecule has 1 fully saturated rings. The fourth-order valence-corrected chi connectivity index (χ4v) is 4.82. The SMILES string of the molecule is CCNC(=O)c1ccc(N2CCN(Cc3ccc4c5c(c(=O)[nH]c4c3)COC5)CC2)c(C(F)(F)F)n1. The molecule has 2 N–H and O–H groups in total. The van der Waals surface area contributed by atoms with Gasteiger partial charge >= 0.3 is 6.18 Å². The van der Waals surface area contributed by atoms with E-state index >= 15 is 0 Å². The number of rotatable bonds is 5. The van der Waals surface area contributed by atoms with Crippen LogP contribution < -0.4 is 15.8 Å². The van der Waals surface area contributed by atoms with E-state index in [1.54, 1.807) is 11.8 Å². The zero-order valence-electron chi connectivity index (χ0n) is 19.7. The Bertz CT molecular complexity index is 1360. The number of benzene rings is 1. The topological polar surface area (TPSA) is 90.6 Å². The van der Waals surface area contributed by atoms with Crippen LogP contribution in [0.25, 0.3) is 10.9 Å². The number of H-pyrrole nitrogens is 1. The van der Waals surface area contributed by atoms with Gasteiger partial charge in [-0.1, -0.05) is 12.1 Å². The summed E-state index contributed by atoms with van der Waals surface area (Å²) in [5.74, 6) is -0.631. The first kappa shape index (κ1) is 24.3. The van der Waals surface area contributed by atoms with Crippen LogP contribution >= 0.6 is 0 Å². The van der Waals surface area contributed by atoms with E-state index < -0.39 is 17.8 Å². The molecule has 0 unspecified atom stereocenters. The molecular weight excluding hydrogens is 475 g/mol. The number of amides is 1. The first-order chi connectivity index (χ1) is 17.2. The smallest absolute Gasteiger partial charge is 0.372 e. The molecule has 8 nitrogen and oxygen atoms in total. The number of hydrogen-bond donors (Lipinski definition) is 2. The monoisotopic (exact) mass is 501 g/mol. The zero-order valence-corrected chi connectivity index (χ0v) is 19.7. The highest BCUT2D eigenvalue weighted by Gasteiger charge is 2.38. The zero-order chi connectivity index (χ0) is 25.4. The molecule has 1 amide bonds. The van der Waals surface area contributed by atoms with Crippen molar-refractivity contribution in [2.24, 2.45) is 0 Å². The van der Waals surface area contributed by atoms with Crippen molar-refractivity contribution in [2.45, 2.75) is 32.9 Å². The predicted molar refractivity (Wildman–Crippen MR) is 128 cm³/mol. The average molecular weight is 502 g/mol. The Morgan fingerprint density at radius 3 is 2.58 bits per heavy atom. The third-order valence-electron chi connectivity index (χ3n) is 6.62. The van der Waals surface area contributed by atoms with Gasteiger partial charge in [0, 0.05) is 55.7 Å². The standard InChI is InChI=1S/C25H26F3N5O3/c1-2-29-24(35)19-5-6-21(22(30-19)25(26,27)28)33-9-7-32(8-10-33)12-15-3-4-16-17-13-36-14-18(17)23(34)31-20(16)11-15/h3-6,11H,2,7-10,12-14H2,1H3,(H,29,35)(H,31,34). The lowest BCUT2D eigenvalue weighted by Crippen LogP contribution is -2.46. The van der Waals surface area contributed by atoms with Crippen LogP contribution in [0.4, 0.5) is 18.9 Å². The Hall–Kier alpha value is -3.44. The van der Waals surface area contributed by atoms with E-state index in [4.69, 9.17) is 4.74 Å². The number of alkyl halides is 3. The van der Waals surface area contributed by atoms with Crippen molar-refractivity contribution in [3.63, 3.8) is 0 Å². The lowest BCUT2D eigenvalue weighted by molar-refractivity contribution is -0.140. The number of fused-ring (bicyclic) bond motifs is 3. The number of carbonyl (C=O) groups is 1. The number of nitrogens with one attached hydrogen (secondary N) is 2. The van der Waals surface area contributed by atoms with E-state index in [2.05, 4.69) is 20.2 Å². The maximum atomic E-state index is 13.8. The van der Waals surface area contributed by atoms with Crippen LogP contribution in [0.2, 0.25) is 0 Å². The lowest BCUT2D eigenvalue weighted by Gasteiger charge is -2.37. The number of piperazine rings is 1. The second-order valence-corrected chi connectivity index (χ2v) is 8.97. The first-order valence-corrected chi connectivity index (χ1v) is 11.8. The maximum absolute atomic E-state index is 13.8. The molecule has 0 spiro atoms. The van der Waals surface area contributed by atoms with Crippen LogP contribution in [0, 0.1) is 0 Å². The van der Waals surface area contributed by atoms with Crippen molar-refractivity contribution in [2.75, 3.05) is 37.6 Å². The predicted octanol–water partition coefficient (Wildman–Crippen LogP) is 3.04. The van der Waals surface area contributed by atoms with E-state index in [1.807, 2.05) is 18.2 Å². The first-order valence-electron chi connectivity index (χ1n) is 11.8. The van der Waals surface area contributed by atoms with E-state index in [9.17, 15) is 22.8 Å². The quantitative estimate of drug-likeness (QED) is 0.559. The van der Waals surface area contributed by atoms with Crippen LogP contribution in [0.5, 0.6) is 0 Å². The Balaban J connectivity index is 1.30. The molecule has 0 atom stereocenters. The number of nitrogens with zero attached hydrogens (tertiary/aromatic N) is 3. The minimum Gasteiger partial charge on any atom is -0.372 e. The average Bonchev–Trinajstić information content (AvgIpc) is 3.35. The van der Waals surface area contributed by atoms with Crippen molar-refractivity contribution in [3.05, 3.63) is 68.8 Å². The van der Waals surface area contributed by atoms with Gasteiger partial charge in [0.2, 0.25) is 0 Å². The molecule has 4 heterocycles. The summed E-state index contributed by atoms with van der Waals surface area (Å²) in [6.07, 6.45) is -4.68. The third-order valence-corrected chi connectivity index (χ3v) is 6.62. The summed E-state index contributed by atoms with van der Waals surface area (Å²) in [4.78, 5) is 34.7. The largest absolute Gasteiger partial charge is 0.435 e. The number of aromatic amines is 1. The number of ether oxygens (including phenoxy) is 1. The number of aromatic nitrogens is 2. The maximum Gasteiger partial charge on any atom is 0.435 e. The van der Waals surface area contributed by atoms with Gasteiger partial charge in [-0.3, -0.25) is 14.5 Å². The highest BCUT2D eigenvalue weighted by Crippen LogP contribution is 2.36. The molecule has 5 rings (SSSR count). The van der Waals surface area contributed by atoms with Gasteiger partial charge in [-0.2, -0.15) is 13.2 Å². The van der Waals surface area contributed by atoms with Gasteiger partial charge < -0.3 is 19.9 Å². The number of carbonyl (C=O) groups excluding carboxylic acids is 1. The van der Waals surface area contributed by atoms with Crippen LogP contribution in [-0.4, -0.2) is 53.5 Å². The number of anilines is 1.